The molecular weight excluding hydrogens is 80.0 g/mol. The Bertz CT molecular complexity index is 21.0. The van der Waals surface area contributed by atoms with Gasteiger partial charge in [-0.1, -0.05) is 0 Å². The zero-order valence-corrected chi connectivity index (χ0v) is 3.41. The smallest absolute Gasteiger partial charge is 0.0253 e. The van der Waals surface area contributed by atoms with Crippen LogP contribution >= 0.6 is 0 Å². The Morgan fingerprint density at radius 3 is 1.50 bits per heavy atom. The predicted molar refractivity (Wildman–Crippen MR) is 22.3 cm³/mol. The highest BCUT2D eigenvalue weighted by molar-refractivity contribution is 4.44. The molecule has 0 aromatic heterocycles. The standard InChI is InChI=1S/C2H8N4/c1-2-4-6-5-3-1/h3-6H,1-2H2. The lowest BCUT2D eigenvalue weighted by Crippen LogP contribution is -2.58. The van der Waals surface area contributed by atoms with Gasteiger partial charge in [-0.2, -0.15) is 11.1 Å². The van der Waals surface area contributed by atoms with E-state index in [9.17, 15) is 0 Å². The van der Waals surface area contributed by atoms with E-state index in [1.165, 1.54) is 0 Å². The van der Waals surface area contributed by atoms with Gasteiger partial charge in [0.2, 0.25) is 0 Å². The van der Waals surface area contributed by atoms with Gasteiger partial charge in [-0.3, -0.25) is 0 Å². The van der Waals surface area contributed by atoms with Crippen molar-refractivity contribution in [2.24, 2.45) is 0 Å². The molecule has 0 aromatic rings. The van der Waals surface area contributed by atoms with E-state index >= 15 is 0 Å². The Morgan fingerprint density at radius 1 is 0.833 bits per heavy atom. The summed E-state index contributed by atoms with van der Waals surface area (Å²) in [4.78, 5) is 0. The van der Waals surface area contributed by atoms with Crippen molar-refractivity contribution < 1.29 is 0 Å². The van der Waals surface area contributed by atoms with Crippen LogP contribution in [0.25, 0.3) is 0 Å². The maximum Gasteiger partial charge on any atom is 0.0253 e. The summed E-state index contributed by atoms with van der Waals surface area (Å²) in [6, 6.07) is 0. The highest BCUT2D eigenvalue weighted by Crippen LogP contribution is 1.51. The Hall–Kier alpha value is -0.160. The fourth-order valence-corrected chi connectivity index (χ4v) is 0.338. The van der Waals surface area contributed by atoms with Crippen LogP contribution in [0.15, 0.2) is 0 Å². The molecule has 1 saturated heterocycles. The van der Waals surface area contributed by atoms with E-state index in [0.717, 1.165) is 13.1 Å². The fourth-order valence-electron chi connectivity index (χ4n) is 0.338. The van der Waals surface area contributed by atoms with Gasteiger partial charge in [-0.05, 0) is 0 Å². The molecule has 0 radical (unpaired) electrons. The van der Waals surface area contributed by atoms with Crippen molar-refractivity contribution in [3.63, 3.8) is 0 Å². The lowest BCUT2D eigenvalue weighted by molar-refractivity contribution is 0.315. The highest BCUT2D eigenvalue weighted by atomic mass is 15.7. The lowest BCUT2D eigenvalue weighted by atomic mass is 10.7. The van der Waals surface area contributed by atoms with Gasteiger partial charge in [-0.25, -0.2) is 10.9 Å². The van der Waals surface area contributed by atoms with Crippen LogP contribution < -0.4 is 21.9 Å². The van der Waals surface area contributed by atoms with Crippen molar-refractivity contribution >= 4 is 0 Å². The van der Waals surface area contributed by atoms with Gasteiger partial charge in [-0.15, -0.1) is 0 Å². The number of hydrazine groups is 3. The molecule has 0 aromatic carbocycles. The van der Waals surface area contributed by atoms with Crippen LogP contribution in [0.2, 0.25) is 0 Å². The van der Waals surface area contributed by atoms with Crippen LogP contribution in [0.3, 0.4) is 0 Å². The quantitative estimate of drug-likeness (QED) is 0.279. The molecule has 4 N–H and O–H groups in total. The number of nitrogens with one attached hydrogen (secondary N) is 4. The van der Waals surface area contributed by atoms with Crippen LogP contribution in [0.4, 0.5) is 0 Å². The minimum absolute atomic E-state index is 0.965. The molecule has 0 bridgehead atoms. The monoisotopic (exact) mass is 88.1 g/mol. The molecule has 1 fully saturated rings. The minimum atomic E-state index is 0.965. The summed E-state index contributed by atoms with van der Waals surface area (Å²) in [6.07, 6.45) is 0. The minimum Gasteiger partial charge on any atom is -0.242 e. The first-order chi connectivity index (χ1) is 3.00. The summed E-state index contributed by atoms with van der Waals surface area (Å²) in [5, 5.41) is 0. The molecule has 1 aliphatic heterocycles. The largest absolute Gasteiger partial charge is 0.242 e. The fraction of sp³-hybridized carbons (Fsp3) is 1.00. The molecule has 0 atom stereocenters. The molecule has 0 aliphatic carbocycles. The van der Waals surface area contributed by atoms with Gasteiger partial charge in [0.05, 0.1) is 0 Å². The summed E-state index contributed by atoms with van der Waals surface area (Å²) in [5.74, 6) is 0. The molecule has 1 aliphatic rings. The van der Waals surface area contributed by atoms with E-state index in [0.29, 0.717) is 0 Å². The first-order valence-corrected chi connectivity index (χ1v) is 1.96. The summed E-state index contributed by atoms with van der Waals surface area (Å²) >= 11 is 0. The molecule has 0 saturated carbocycles. The Kier molecular flexibility index (Phi) is 1.40. The highest BCUT2D eigenvalue weighted by Gasteiger charge is 1.88. The maximum atomic E-state index is 2.86. The van der Waals surface area contributed by atoms with Crippen LogP contribution in [-0.4, -0.2) is 13.1 Å². The summed E-state index contributed by atoms with van der Waals surface area (Å²) in [5.41, 5.74) is 11.1. The van der Waals surface area contributed by atoms with E-state index in [1.54, 1.807) is 0 Å². The van der Waals surface area contributed by atoms with Gasteiger partial charge in [0, 0.05) is 13.1 Å². The first kappa shape index (κ1) is 4.01. The van der Waals surface area contributed by atoms with E-state index in [4.69, 9.17) is 0 Å². The molecule has 0 spiro atoms. The van der Waals surface area contributed by atoms with Crippen molar-refractivity contribution in [2.45, 2.75) is 0 Å². The second kappa shape index (κ2) is 2.09. The average molecular weight is 88.1 g/mol. The zero-order chi connectivity index (χ0) is 4.24. The summed E-state index contributed by atoms with van der Waals surface area (Å²) in [6.45, 7) is 1.93. The average Bonchev–Trinajstić information content (AvgIpc) is 1.72. The van der Waals surface area contributed by atoms with E-state index < -0.39 is 0 Å². The molecule has 36 valence electrons. The van der Waals surface area contributed by atoms with Gasteiger partial charge in [0.15, 0.2) is 0 Å². The summed E-state index contributed by atoms with van der Waals surface area (Å²) < 4.78 is 0. The van der Waals surface area contributed by atoms with Crippen LogP contribution in [-0.2, 0) is 0 Å². The van der Waals surface area contributed by atoms with Gasteiger partial charge < -0.3 is 0 Å². The third kappa shape index (κ3) is 0.908. The Balaban J connectivity index is 2.00. The molecule has 1 heterocycles. The molecular formula is C2H8N4. The molecule has 6 heavy (non-hydrogen) atoms. The number of hydrogen-bond donors (Lipinski definition) is 4. The molecule has 4 nitrogen and oxygen atoms in total. The first-order valence-electron chi connectivity index (χ1n) is 1.96. The maximum absolute atomic E-state index is 2.86. The van der Waals surface area contributed by atoms with Gasteiger partial charge in [0.25, 0.3) is 0 Å². The van der Waals surface area contributed by atoms with Crippen LogP contribution in [0, 0.1) is 0 Å². The van der Waals surface area contributed by atoms with E-state index in [-0.39, 0.29) is 0 Å². The third-order valence-electron chi connectivity index (χ3n) is 0.614. The Labute approximate surface area is 36.2 Å². The zero-order valence-electron chi connectivity index (χ0n) is 3.41. The van der Waals surface area contributed by atoms with E-state index in [1.807, 2.05) is 0 Å². The number of rotatable bonds is 0. The third-order valence-corrected chi connectivity index (χ3v) is 0.614. The topological polar surface area (TPSA) is 48.1 Å². The summed E-state index contributed by atoms with van der Waals surface area (Å²) in [7, 11) is 0. The van der Waals surface area contributed by atoms with Crippen LogP contribution in [0.1, 0.15) is 0 Å². The lowest BCUT2D eigenvalue weighted by Gasteiger charge is -2.14. The molecule has 4 heteroatoms. The van der Waals surface area contributed by atoms with Crippen LogP contribution in [0.5, 0.6) is 0 Å². The van der Waals surface area contributed by atoms with Gasteiger partial charge in [0.1, 0.15) is 0 Å². The molecule has 0 unspecified atom stereocenters. The second-order valence-electron chi connectivity index (χ2n) is 1.10. The van der Waals surface area contributed by atoms with E-state index in [2.05, 4.69) is 21.9 Å². The van der Waals surface area contributed by atoms with Crippen molar-refractivity contribution in [3.8, 4) is 0 Å². The van der Waals surface area contributed by atoms with Crippen molar-refractivity contribution in [2.75, 3.05) is 13.1 Å². The predicted octanol–water partition coefficient (Wildman–Crippen LogP) is -1.90. The number of hydrogen-bond acceptors (Lipinski definition) is 4. The van der Waals surface area contributed by atoms with Crippen molar-refractivity contribution in [1.29, 1.82) is 0 Å². The Morgan fingerprint density at radius 2 is 1.33 bits per heavy atom. The second-order valence-corrected chi connectivity index (χ2v) is 1.10. The van der Waals surface area contributed by atoms with Gasteiger partial charge >= 0.3 is 0 Å². The molecule has 0 amide bonds. The molecule has 1 rings (SSSR count). The normalized spacial score (nSPS) is 24.0. The van der Waals surface area contributed by atoms with Crippen molar-refractivity contribution in [1.82, 2.24) is 21.9 Å². The van der Waals surface area contributed by atoms with Crippen molar-refractivity contribution in [3.05, 3.63) is 0 Å². The SMILES string of the molecule is C1CNNNN1.